The summed E-state index contributed by atoms with van der Waals surface area (Å²) in [5, 5.41) is 13.8. The van der Waals surface area contributed by atoms with Crippen LogP contribution in [0.15, 0.2) is 113 Å². The molecule has 0 heterocycles. The smallest absolute Gasteiger partial charge is 0.271 e. The molecule has 4 aromatic carbocycles. The van der Waals surface area contributed by atoms with Crippen molar-refractivity contribution in [1.82, 2.24) is 0 Å². The Morgan fingerprint density at radius 3 is 2.12 bits per heavy atom. The van der Waals surface area contributed by atoms with Gasteiger partial charge in [-0.05, 0) is 67.1 Å². The van der Waals surface area contributed by atoms with E-state index in [2.05, 4.69) is 10.0 Å². The first-order valence-corrected chi connectivity index (χ1v) is 14.7. The van der Waals surface area contributed by atoms with E-state index in [0.717, 1.165) is 15.9 Å². The van der Waals surface area contributed by atoms with Gasteiger partial charge in [-0.3, -0.25) is 23.9 Å². The first-order chi connectivity index (χ1) is 19.0. The van der Waals surface area contributed by atoms with E-state index in [-0.39, 0.29) is 26.9 Å². The number of carbonyl (C=O) groups excluding carboxylic acids is 1. The van der Waals surface area contributed by atoms with Gasteiger partial charge in [0.2, 0.25) is 5.91 Å². The molecule has 4 aromatic rings. The number of hydrogen-bond acceptors (Lipinski definition) is 7. The second-order valence-corrected chi connectivity index (χ2v) is 12.2. The highest BCUT2D eigenvalue weighted by Gasteiger charge is 2.28. The van der Waals surface area contributed by atoms with E-state index >= 15 is 0 Å². The zero-order valence-corrected chi connectivity index (χ0v) is 22.7. The largest absolute Gasteiger partial charge is 0.325 e. The van der Waals surface area contributed by atoms with E-state index in [1.807, 2.05) is 13.0 Å². The molecule has 0 atom stereocenters. The number of amides is 1. The molecule has 0 saturated heterocycles. The Morgan fingerprint density at radius 1 is 0.800 bits per heavy atom. The molecule has 4 rings (SSSR count). The SMILES string of the molecule is Cc1cccc(NS(=O)(=O)c2ccc(NC(=O)CN(c3cccc([N+](=O)[O-])c3)S(=O)(=O)c3ccccc3)cc2)c1. The Kier molecular flexibility index (Phi) is 8.16. The normalized spacial score (nSPS) is 11.4. The van der Waals surface area contributed by atoms with E-state index < -0.39 is 37.4 Å². The summed E-state index contributed by atoms with van der Waals surface area (Å²) in [5.41, 5.74) is 1.08. The molecule has 0 bridgehead atoms. The summed E-state index contributed by atoms with van der Waals surface area (Å²) >= 11 is 0. The quantitative estimate of drug-likeness (QED) is 0.206. The molecular weight excluding hydrogens is 556 g/mol. The van der Waals surface area contributed by atoms with Gasteiger partial charge in [0.15, 0.2) is 0 Å². The van der Waals surface area contributed by atoms with Crippen molar-refractivity contribution in [1.29, 1.82) is 0 Å². The molecule has 0 aliphatic rings. The molecule has 0 radical (unpaired) electrons. The monoisotopic (exact) mass is 580 g/mol. The van der Waals surface area contributed by atoms with Crippen LogP contribution < -0.4 is 14.3 Å². The van der Waals surface area contributed by atoms with Crippen molar-refractivity contribution in [3.63, 3.8) is 0 Å². The van der Waals surface area contributed by atoms with Gasteiger partial charge >= 0.3 is 0 Å². The third-order valence-corrected chi connectivity index (χ3v) is 8.85. The van der Waals surface area contributed by atoms with Crippen LogP contribution in [-0.2, 0) is 24.8 Å². The number of sulfonamides is 2. The molecule has 2 N–H and O–H groups in total. The van der Waals surface area contributed by atoms with Crippen molar-refractivity contribution >= 4 is 48.7 Å². The molecule has 0 spiro atoms. The topological polar surface area (TPSA) is 156 Å². The number of benzene rings is 4. The molecule has 0 aliphatic heterocycles. The molecule has 40 heavy (non-hydrogen) atoms. The van der Waals surface area contributed by atoms with Crippen molar-refractivity contribution in [3.8, 4) is 0 Å². The van der Waals surface area contributed by atoms with E-state index in [9.17, 15) is 31.7 Å². The van der Waals surface area contributed by atoms with Crippen LogP contribution in [0.3, 0.4) is 0 Å². The highest BCUT2D eigenvalue weighted by Crippen LogP contribution is 2.27. The third kappa shape index (κ3) is 6.62. The maximum atomic E-state index is 13.4. The van der Waals surface area contributed by atoms with E-state index in [1.54, 1.807) is 24.3 Å². The lowest BCUT2D eigenvalue weighted by molar-refractivity contribution is -0.384. The lowest BCUT2D eigenvalue weighted by Crippen LogP contribution is -2.38. The Morgan fingerprint density at radius 2 is 1.48 bits per heavy atom. The highest BCUT2D eigenvalue weighted by molar-refractivity contribution is 7.93. The molecule has 206 valence electrons. The number of non-ortho nitro benzene ring substituents is 1. The summed E-state index contributed by atoms with van der Waals surface area (Å²) in [6.07, 6.45) is 0. The fraction of sp³-hybridized carbons (Fsp3) is 0.0741. The summed E-state index contributed by atoms with van der Waals surface area (Å²) in [4.78, 5) is 23.4. The number of carbonyl (C=O) groups is 1. The number of rotatable bonds is 10. The number of nitrogens with zero attached hydrogens (tertiary/aromatic N) is 2. The minimum Gasteiger partial charge on any atom is -0.325 e. The van der Waals surface area contributed by atoms with Gasteiger partial charge in [0.05, 0.1) is 20.4 Å². The second kappa shape index (κ2) is 11.6. The minimum atomic E-state index is -4.28. The van der Waals surface area contributed by atoms with Gasteiger partial charge in [0.25, 0.3) is 25.7 Å². The Labute approximate surface area is 231 Å². The fourth-order valence-corrected chi connectivity index (χ4v) is 6.25. The van der Waals surface area contributed by atoms with E-state index in [4.69, 9.17) is 0 Å². The Balaban J connectivity index is 1.55. The number of nitro benzene ring substituents is 1. The van der Waals surface area contributed by atoms with E-state index in [0.29, 0.717) is 5.69 Å². The van der Waals surface area contributed by atoms with Crippen molar-refractivity contribution < 1.29 is 26.6 Å². The van der Waals surface area contributed by atoms with Crippen LogP contribution in [0.5, 0.6) is 0 Å². The summed E-state index contributed by atoms with van der Waals surface area (Å²) in [6.45, 7) is 1.13. The maximum Gasteiger partial charge on any atom is 0.271 e. The van der Waals surface area contributed by atoms with Crippen LogP contribution in [0.1, 0.15) is 5.56 Å². The number of anilines is 3. The van der Waals surface area contributed by atoms with Crippen LogP contribution in [0.2, 0.25) is 0 Å². The summed E-state index contributed by atoms with van der Waals surface area (Å²) in [6, 6.07) is 24.5. The number of hydrogen-bond donors (Lipinski definition) is 2. The van der Waals surface area contributed by atoms with Crippen molar-refractivity contribution in [2.75, 3.05) is 20.9 Å². The maximum absolute atomic E-state index is 13.4. The van der Waals surface area contributed by atoms with Gasteiger partial charge in [-0.1, -0.05) is 36.4 Å². The zero-order valence-electron chi connectivity index (χ0n) is 21.1. The Bertz CT molecular complexity index is 1760. The molecule has 13 heteroatoms. The van der Waals surface area contributed by atoms with Gasteiger partial charge in [0, 0.05) is 23.5 Å². The molecule has 1 amide bonds. The summed E-state index contributed by atoms with van der Waals surface area (Å²) in [5.74, 6) is -0.750. The molecule has 0 saturated carbocycles. The number of nitrogens with one attached hydrogen (secondary N) is 2. The van der Waals surface area contributed by atoms with Gasteiger partial charge in [-0.25, -0.2) is 16.8 Å². The molecular formula is C27H24N4O7S2. The minimum absolute atomic E-state index is 0.0446. The predicted molar refractivity (Wildman–Crippen MR) is 151 cm³/mol. The zero-order chi connectivity index (χ0) is 28.9. The van der Waals surface area contributed by atoms with Crippen LogP contribution in [0, 0.1) is 17.0 Å². The van der Waals surface area contributed by atoms with Gasteiger partial charge in [-0.15, -0.1) is 0 Å². The van der Waals surface area contributed by atoms with Gasteiger partial charge < -0.3 is 5.32 Å². The standard InChI is InChI=1S/C27H24N4O7S2/c1-20-7-5-8-22(17-20)29-39(35,36)25-15-13-21(14-16-25)28-27(32)19-30(23-9-6-10-24(18-23)31(33)34)40(37,38)26-11-3-2-4-12-26/h2-18,29H,19H2,1H3,(H,28,32). The van der Waals surface area contributed by atoms with E-state index in [1.165, 1.54) is 66.7 Å². The average Bonchev–Trinajstić information content (AvgIpc) is 2.92. The first-order valence-electron chi connectivity index (χ1n) is 11.8. The average molecular weight is 581 g/mol. The fourth-order valence-electron chi connectivity index (χ4n) is 3.77. The second-order valence-electron chi connectivity index (χ2n) is 8.65. The van der Waals surface area contributed by atoms with Gasteiger partial charge in [-0.2, -0.15) is 0 Å². The Hall–Kier alpha value is -4.75. The number of nitro groups is 1. The lowest BCUT2D eigenvalue weighted by atomic mass is 10.2. The summed E-state index contributed by atoms with van der Waals surface area (Å²) in [7, 11) is -8.18. The molecule has 0 aliphatic carbocycles. The molecule has 0 fully saturated rings. The van der Waals surface area contributed by atoms with Crippen LogP contribution in [0.25, 0.3) is 0 Å². The van der Waals surface area contributed by atoms with Gasteiger partial charge in [0.1, 0.15) is 6.54 Å². The molecule has 0 unspecified atom stereocenters. The lowest BCUT2D eigenvalue weighted by Gasteiger charge is -2.24. The number of aryl methyl sites for hydroxylation is 1. The highest BCUT2D eigenvalue weighted by atomic mass is 32.2. The summed E-state index contributed by atoms with van der Waals surface area (Å²) < 4.78 is 55.6. The van der Waals surface area contributed by atoms with Crippen LogP contribution in [0.4, 0.5) is 22.7 Å². The van der Waals surface area contributed by atoms with Crippen molar-refractivity contribution in [2.45, 2.75) is 16.7 Å². The van der Waals surface area contributed by atoms with Crippen LogP contribution >= 0.6 is 0 Å². The molecule has 11 nitrogen and oxygen atoms in total. The van der Waals surface area contributed by atoms with Crippen molar-refractivity contribution in [2.24, 2.45) is 0 Å². The predicted octanol–water partition coefficient (Wildman–Crippen LogP) is 4.54. The molecule has 0 aromatic heterocycles. The third-order valence-electron chi connectivity index (χ3n) is 5.67. The first kappa shape index (κ1) is 28.3. The van der Waals surface area contributed by atoms with Crippen LogP contribution in [-0.4, -0.2) is 34.2 Å². The van der Waals surface area contributed by atoms with Crippen molar-refractivity contribution in [3.05, 3.63) is 119 Å².